The fourth-order valence-corrected chi connectivity index (χ4v) is 1.86. The van der Waals surface area contributed by atoms with Crippen LogP contribution in [0, 0.1) is 0 Å². The summed E-state index contributed by atoms with van der Waals surface area (Å²) in [5.74, 6) is -0.995. The topological polar surface area (TPSA) is 60.4 Å². The Hall–Kier alpha value is -1.39. The molecular weight excluding hydrogens is 242 g/mol. The van der Waals surface area contributed by atoms with E-state index in [0.29, 0.717) is 0 Å². The third-order valence-corrected chi connectivity index (χ3v) is 2.50. The number of hydrogen-bond donors (Lipinski definition) is 1. The van der Waals surface area contributed by atoms with E-state index >= 15 is 0 Å². The Balaban J connectivity index is 0.000000555. The molecule has 4 heteroatoms. The standard InChI is InChI=1S/C12H20NO.C3H6O2/c1-11(14)9-13(2,3)10-12-7-5-4-6-8-12;1-2-3(4)5/h4-8,11,14H,9-10H2,1-3H3;2H2,1H3,(H,4,5)/q+1;/p-1. The molecule has 108 valence electrons. The van der Waals surface area contributed by atoms with E-state index in [1.54, 1.807) is 0 Å². The van der Waals surface area contributed by atoms with Gasteiger partial charge in [-0.25, -0.2) is 0 Å². The Morgan fingerprint density at radius 2 is 1.79 bits per heavy atom. The minimum absolute atomic E-state index is 0.111. The maximum Gasteiger partial charge on any atom is 0.105 e. The fourth-order valence-electron chi connectivity index (χ4n) is 1.86. The maximum atomic E-state index is 9.35. The lowest BCUT2D eigenvalue weighted by Crippen LogP contribution is -2.43. The van der Waals surface area contributed by atoms with Crippen LogP contribution >= 0.6 is 0 Å². The van der Waals surface area contributed by atoms with E-state index < -0.39 is 5.97 Å². The zero-order valence-electron chi connectivity index (χ0n) is 12.3. The lowest BCUT2D eigenvalue weighted by molar-refractivity contribution is -0.906. The van der Waals surface area contributed by atoms with E-state index in [-0.39, 0.29) is 12.5 Å². The number of quaternary nitrogens is 1. The number of rotatable bonds is 5. The van der Waals surface area contributed by atoms with Crippen molar-refractivity contribution in [2.24, 2.45) is 0 Å². The maximum absolute atomic E-state index is 9.35. The summed E-state index contributed by atoms with van der Waals surface area (Å²) in [5, 5.41) is 18.6. The number of carboxylic acids is 1. The van der Waals surface area contributed by atoms with E-state index in [2.05, 4.69) is 38.4 Å². The minimum Gasteiger partial charge on any atom is -0.550 e. The van der Waals surface area contributed by atoms with Crippen LogP contribution < -0.4 is 5.11 Å². The molecule has 1 rings (SSSR count). The van der Waals surface area contributed by atoms with Crippen LogP contribution in [-0.4, -0.2) is 42.3 Å². The average Bonchev–Trinajstić information content (AvgIpc) is 2.28. The first-order chi connectivity index (χ1) is 8.76. The monoisotopic (exact) mass is 267 g/mol. The highest BCUT2D eigenvalue weighted by atomic mass is 16.4. The van der Waals surface area contributed by atoms with Crippen LogP contribution in [0.4, 0.5) is 0 Å². The van der Waals surface area contributed by atoms with Crippen LogP contribution in [0.1, 0.15) is 25.8 Å². The lowest BCUT2D eigenvalue weighted by Gasteiger charge is -2.31. The van der Waals surface area contributed by atoms with Gasteiger partial charge in [0.25, 0.3) is 0 Å². The van der Waals surface area contributed by atoms with Gasteiger partial charge in [0.2, 0.25) is 0 Å². The van der Waals surface area contributed by atoms with Crippen molar-refractivity contribution in [3.05, 3.63) is 35.9 Å². The molecular formula is C15H25NO3. The molecule has 1 atom stereocenters. The summed E-state index contributed by atoms with van der Waals surface area (Å²) in [6.07, 6.45) is -0.131. The SMILES string of the molecule is CC(O)C[N+](C)(C)Cc1ccccc1.CCC(=O)[O-]. The minimum atomic E-state index is -0.995. The predicted octanol–water partition coefficient (Wildman–Crippen LogP) is 0.790. The first kappa shape index (κ1) is 17.6. The molecule has 19 heavy (non-hydrogen) atoms. The van der Waals surface area contributed by atoms with Gasteiger partial charge in [0.05, 0.1) is 14.1 Å². The number of likely N-dealkylation sites (N-methyl/N-ethyl adjacent to an activating group) is 1. The van der Waals surface area contributed by atoms with Crippen LogP contribution in [0.15, 0.2) is 30.3 Å². The second-order valence-corrected chi connectivity index (χ2v) is 5.34. The molecule has 0 aliphatic rings. The molecule has 1 aromatic carbocycles. The molecule has 0 radical (unpaired) electrons. The number of carbonyl (C=O) groups is 1. The van der Waals surface area contributed by atoms with Crippen LogP contribution in [-0.2, 0) is 11.3 Å². The van der Waals surface area contributed by atoms with Crippen molar-refractivity contribution in [1.82, 2.24) is 0 Å². The number of aliphatic hydroxyl groups excluding tert-OH is 1. The molecule has 1 unspecified atom stereocenters. The first-order valence-electron chi connectivity index (χ1n) is 6.50. The molecule has 0 bridgehead atoms. The van der Waals surface area contributed by atoms with E-state index in [0.717, 1.165) is 17.6 Å². The third kappa shape index (κ3) is 10.2. The summed E-state index contributed by atoms with van der Waals surface area (Å²) >= 11 is 0. The molecule has 4 nitrogen and oxygen atoms in total. The van der Waals surface area contributed by atoms with Crippen molar-refractivity contribution < 1.29 is 19.5 Å². The molecule has 0 spiro atoms. The summed E-state index contributed by atoms with van der Waals surface area (Å²) in [4.78, 5) is 9.26. The molecule has 0 saturated heterocycles. The smallest absolute Gasteiger partial charge is 0.105 e. The van der Waals surface area contributed by atoms with Crippen LogP contribution in [0.2, 0.25) is 0 Å². The number of carbonyl (C=O) groups excluding carboxylic acids is 1. The van der Waals surface area contributed by atoms with Crippen molar-refractivity contribution in [2.75, 3.05) is 20.6 Å². The van der Waals surface area contributed by atoms with Crippen molar-refractivity contribution in [3.63, 3.8) is 0 Å². The van der Waals surface area contributed by atoms with E-state index in [1.807, 2.05) is 13.0 Å². The van der Waals surface area contributed by atoms with Gasteiger partial charge in [0.1, 0.15) is 19.2 Å². The van der Waals surface area contributed by atoms with E-state index in [4.69, 9.17) is 0 Å². The van der Waals surface area contributed by atoms with Gasteiger partial charge in [-0.2, -0.15) is 0 Å². The third-order valence-electron chi connectivity index (χ3n) is 2.50. The predicted molar refractivity (Wildman–Crippen MR) is 74.1 cm³/mol. The molecule has 0 saturated carbocycles. The van der Waals surface area contributed by atoms with Crippen LogP contribution in [0.5, 0.6) is 0 Å². The fraction of sp³-hybridized carbons (Fsp3) is 0.533. The summed E-state index contributed by atoms with van der Waals surface area (Å²) in [6.45, 7) is 5.13. The average molecular weight is 267 g/mol. The van der Waals surface area contributed by atoms with Crippen molar-refractivity contribution in [2.45, 2.75) is 32.9 Å². The largest absolute Gasteiger partial charge is 0.550 e. The molecule has 1 aromatic rings. The number of nitrogens with zero attached hydrogens (tertiary/aromatic N) is 1. The van der Waals surface area contributed by atoms with Gasteiger partial charge in [-0.15, -0.1) is 0 Å². The van der Waals surface area contributed by atoms with E-state index in [1.165, 1.54) is 12.5 Å². The molecule has 0 aliphatic heterocycles. The number of carboxylic acid groups (broad SMARTS) is 1. The molecule has 0 heterocycles. The van der Waals surface area contributed by atoms with Crippen LogP contribution in [0.25, 0.3) is 0 Å². The Labute approximate surface area is 115 Å². The zero-order chi connectivity index (χ0) is 14.9. The number of benzene rings is 1. The van der Waals surface area contributed by atoms with Gasteiger partial charge in [-0.3, -0.25) is 0 Å². The summed E-state index contributed by atoms with van der Waals surface area (Å²) in [5.41, 5.74) is 1.32. The number of hydrogen-bond acceptors (Lipinski definition) is 3. The summed E-state index contributed by atoms with van der Waals surface area (Å²) in [7, 11) is 4.28. The molecule has 0 aromatic heterocycles. The van der Waals surface area contributed by atoms with Gasteiger partial charge in [-0.1, -0.05) is 37.3 Å². The summed E-state index contributed by atoms with van der Waals surface area (Å²) < 4.78 is 0.821. The normalized spacial score (nSPS) is 12.3. The van der Waals surface area contributed by atoms with Crippen LogP contribution in [0.3, 0.4) is 0 Å². The van der Waals surface area contributed by atoms with Gasteiger partial charge in [-0.05, 0) is 13.3 Å². The van der Waals surface area contributed by atoms with Crippen molar-refractivity contribution in [1.29, 1.82) is 0 Å². The highest BCUT2D eigenvalue weighted by Crippen LogP contribution is 2.09. The van der Waals surface area contributed by atoms with Gasteiger partial charge < -0.3 is 19.5 Å². The molecule has 0 fully saturated rings. The van der Waals surface area contributed by atoms with Gasteiger partial charge in [0.15, 0.2) is 0 Å². The molecule has 0 aliphatic carbocycles. The number of aliphatic hydroxyl groups is 1. The van der Waals surface area contributed by atoms with Gasteiger partial charge in [0, 0.05) is 11.5 Å². The Kier molecular flexibility index (Phi) is 8.03. The summed E-state index contributed by atoms with van der Waals surface area (Å²) in [6, 6.07) is 10.4. The van der Waals surface area contributed by atoms with Gasteiger partial charge >= 0.3 is 0 Å². The lowest BCUT2D eigenvalue weighted by atomic mass is 10.2. The second kappa shape index (κ2) is 8.67. The highest BCUT2D eigenvalue weighted by molar-refractivity contribution is 5.63. The zero-order valence-corrected chi connectivity index (χ0v) is 12.3. The highest BCUT2D eigenvalue weighted by Gasteiger charge is 2.17. The Morgan fingerprint density at radius 1 is 1.32 bits per heavy atom. The Bertz CT molecular complexity index is 361. The molecule has 0 amide bonds. The Morgan fingerprint density at radius 3 is 2.16 bits per heavy atom. The van der Waals surface area contributed by atoms with Crippen molar-refractivity contribution >= 4 is 5.97 Å². The van der Waals surface area contributed by atoms with Crippen molar-refractivity contribution in [3.8, 4) is 0 Å². The second-order valence-electron chi connectivity index (χ2n) is 5.34. The van der Waals surface area contributed by atoms with E-state index in [9.17, 15) is 15.0 Å². The first-order valence-corrected chi connectivity index (χ1v) is 6.50. The number of aliphatic carboxylic acids is 1. The quantitative estimate of drug-likeness (QED) is 0.802. The molecule has 1 N–H and O–H groups in total.